The molecular weight excluding hydrogens is 354 g/mol. The lowest BCUT2D eigenvalue weighted by Crippen LogP contribution is -2.12. The van der Waals surface area contributed by atoms with E-state index in [1.165, 1.54) is 0 Å². The van der Waals surface area contributed by atoms with Crippen LogP contribution in [0.2, 0.25) is 0 Å². The molecule has 0 bridgehead atoms. The second-order valence-electron chi connectivity index (χ2n) is 6.32. The highest BCUT2D eigenvalue weighted by atomic mass is 16.5. The molecule has 0 unspecified atom stereocenters. The fourth-order valence-electron chi connectivity index (χ4n) is 3.00. The Balaban J connectivity index is 1.41. The van der Waals surface area contributed by atoms with Gasteiger partial charge in [0.15, 0.2) is 0 Å². The maximum absolute atomic E-state index is 12.2. The molecule has 0 aliphatic carbocycles. The van der Waals surface area contributed by atoms with Crippen LogP contribution in [0, 0.1) is 0 Å². The second kappa shape index (κ2) is 7.92. The summed E-state index contributed by atoms with van der Waals surface area (Å²) in [5, 5.41) is 9.11. The zero-order valence-corrected chi connectivity index (χ0v) is 15.4. The van der Waals surface area contributed by atoms with Gasteiger partial charge in [-0.2, -0.15) is 4.98 Å². The number of ether oxygens (including phenoxy) is 1. The largest absolute Gasteiger partial charge is 0.497 e. The van der Waals surface area contributed by atoms with Gasteiger partial charge >= 0.3 is 0 Å². The SMILES string of the molecule is COc1ccc(NC(=O)CCc2nc(-c3cccc4ccccc34)no2)cc1. The van der Waals surface area contributed by atoms with Gasteiger partial charge in [-0.25, -0.2) is 0 Å². The Morgan fingerprint density at radius 2 is 1.82 bits per heavy atom. The molecule has 0 radical (unpaired) electrons. The number of aromatic nitrogens is 2. The summed E-state index contributed by atoms with van der Waals surface area (Å²) in [6, 6.07) is 21.2. The molecule has 1 amide bonds. The van der Waals surface area contributed by atoms with Crippen molar-refractivity contribution in [2.75, 3.05) is 12.4 Å². The van der Waals surface area contributed by atoms with Gasteiger partial charge in [0.05, 0.1) is 7.11 Å². The molecule has 0 spiro atoms. The summed E-state index contributed by atoms with van der Waals surface area (Å²) in [7, 11) is 1.60. The number of hydrogen-bond acceptors (Lipinski definition) is 5. The van der Waals surface area contributed by atoms with Gasteiger partial charge in [-0.15, -0.1) is 0 Å². The number of methoxy groups -OCH3 is 1. The number of fused-ring (bicyclic) bond motifs is 1. The maximum Gasteiger partial charge on any atom is 0.227 e. The number of amides is 1. The zero-order valence-electron chi connectivity index (χ0n) is 15.4. The van der Waals surface area contributed by atoms with E-state index in [4.69, 9.17) is 9.26 Å². The number of nitrogens with one attached hydrogen (secondary N) is 1. The van der Waals surface area contributed by atoms with Crippen LogP contribution in [0.1, 0.15) is 12.3 Å². The minimum absolute atomic E-state index is 0.116. The highest BCUT2D eigenvalue weighted by Gasteiger charge is 2.13. The van der Waals surface area contributed by atoms with E-state index >= 15 is 0 Å². The Kier molecular flexibility index (Phi) is 5.01. The summed E-state index contributed by atoms with van der Waals surface area (Å²) in [6.45, 7) is 0. The Morgan fingerprint density at radius 1 is 1.04 bits per heavy atom. The third kappa shape index (κ3) is 3.86. The molecule has 28 heavy (non-hydrogen) atoms. The van der Waals surface area contributed by atoms with E-state index in [0.29, 0.717) is 23.8 Å². The Hall–Kier alpha value is -3.67. The number of benzene rings is 3. The lowest BCUT2D eigenvalue weighted by atomic mass is 10.0. The average Bonchev–Trinajstić information content (AvgIpc) is 3.21. The van der Waals surface area contributed by atoms with Crippen LogP contribution in [0.25, 0.3) is 22.2 Å². The zero-order chi connectivity index (χ0) is 19.3. The first-order chi connectivity index (χ1) is 13.7. The van der Waals surface area contributed by atoms with Crippen molar-refractivity contribution in [1.82, 2.24) is 10.1 Å². The van der Waals surface area contributed by atoms with E-state index in [0.717, 1.165) is 22.1 Å². The number of anilines is 1. The Labute approximate surface area is 162 Å². The topological polar surface area (TPSA) is 77.2 Å². The van der Waals surface area contributed by atoms with E-state index < -0.39 is 0 Å². The van der Waals surface area contributed by atoms with E-state index in [-0.39, 0.29) is 12.3 Å². The van der Waals surface area contributed by atoms with Crippen LogP contribution in [-0.2, 0) is 11.2 Å². The number of carbonyl (C=O) groups excluding carboxylic acids is 1. The van der Waals surface area contributed by atoms with Gasteiger partial charge in [-0.05, 0) is 35.0 Å². The van der Waals surface area contributed by atoms with Crippen LogP contribution in [0.15, 0.2) is 71.3 Å². The molecule has 1 aromatic heterocycles. The number of aryl methyl sites for hydroxylation is 1. The van der Waals surface area contributed by atoms with Gasteiger partial charge in [0, 0.05) is 24.1 Å². The smallest absolute Gasteiger partial charge is 0.227 e. The van der Waals surface area contributed by atoms with E-state index in [1.54, 1.807) is 31.4 Å². The first-order valence-electron chi connectivity index (χ1n) is 8.97. The molecule has 6 nitrogen and oxygen atoms in total. The molecule has 0 aliphatic rings. The quantitative estimate of drug-likeness (QED) is 0.540. The third-order valence-electron chi connectivity index (χ3n) is 4.44. The lowest BCUT2D eigenvalue weighted by Gasteiger charge is -2.05. The van der Waals surface area contributed by atoms with E-state index in [2.05, 4.69) is 15.5 Å². The molecule has 4 rings (SSSR count). The molecule has 140 valence electrons. The van der Waals surface area contributed by atoms with Crippen molar-refractivity contribution in [3.05, 3.63) is 72.6 Å². The van der Waals surface area contributed by atoms with Crippen molar-refractivity contribution < 1.29 is 14.1 Å². The molecule has 1 N–H and O–H groups in total. The first-order valence-corrected chi connectivity index (χ1v) is 8.97. The predicted molar refractivity (Wildman–Crippen MR) is 107 cm³/mol. The molecule has 4 aromatic rings. The predicted octanol–water partition coefficient (Wildman–Crippen LogP) is 4.47. The van der Waals surface area contributed by atoms with Crippen molar-refractivity contribution in [3.8, 4) is 17.1 Å². The van der Waals surface area contributed by atoms with Crippen LogP contribution in [0.3, 0.4) is 0 Å². The highest BCUT2D eigenvalue weighted by molar-refractivity contribution is 5.95. The Morgan fingerprint density at radius 3 is 2.64 bits per heavy atom. The van der Waals surface area contributed by atoms with Gasteiger partial charge in [-0.3, -0.25) is 4.79 Å². The van der Waals surface area contributed by atoms with Gasteiger partial charge < -0.3 is 14.6 Å². The van der Waals surface area contributed by atoms with Crippen molar-refractivity contribution in [3.63, 3.8) is 0 Å². The van der Waals surface area contributed by atoms with Crippen LogP contribution in [0.5, 0.6) is 5.75 Å². The fourth-order valence-corrected chi connectivity index (χ4v) is 3.00. The van der Waals surface area contributed by atoms with Crippen molar-refractivity contribution in [2.45, 2.75) is 12.8 Å². The summed E-state index contributed by atoms with van der Waals surface area (Å²) in [5.74, 6) is 1.59. The molecule has 0 aliphatic heterocycles. The molecular formula is C22H19N3O3. The minimum atomic E-state index is -0.116. The molecule has 0 atom stereocenters. The summed E-state index contributed by atoms with van der Waals surface area (Å²) < 4.78 is 10.4. The average molecular weight is 373 g/mol. The molecule has 3 aromatic carbocycles. The fraction of sp³-hybridized carbons (Fsp3) is 0.136. The van der Waals surface area contributed by atoms with Crippen LogP contribution in [0.4, 0.5) is 5.69 Å². The first kappa shape index (κ1) is 17.7. The molecule has 1 heterocycles. The normalized spacial score (nSPS) is 10.8. The van der Waals surface area contributed by atoms with E-state index in [1.807, 2.05) is 42.5 Å². The standard InChI is InChI=1S/C22H19N3O3/c1-27-17-11-9-16(10-12-17)23-20(26)13-14-21-24-22(25-28-21)19-8-4-6-15-5-2-3-7-18(15)19/h2-12H,13-14H2,1H3,(H,23,26). The van der Waals surface area contributed by atoms with Gasteiger partial charge in [0.2, 0.25) is 17.6 Å². The molecule has 6 heteroatoms. The number of rotatable bonds is 6. The van der Waals surface area contributed by atoms with Crippen LogP contribution >= 0.6 is 0 Å². The highest BCUT2D eigenvalue weighted by Crippen LogP contribution is 2.26. The van der Waals surface area contributed by atoms with Gasteiger partial charge in [-0.1, -0.05) is 47.6 Å². The second-order valence-corrected chi connectivity index (χ2v) is 6.32. The summed E-state index contributed by atoms with van der Waals surface area (Å²) >= 11 is 0. The van der Waals surface area contributed by atoms with Crippen LogP contribution in [-0.4, -0.2) is 23.2 Å². The Bertz CT molecular complexity index is 1100. The molecule has 0 fully saturated rings. The van der Waals surface area contributed by atoms with Crippen molar-refractivity contribution in [1.29, 1.82) is 0 Å². The molecule has 0 saturated carbocycles. The number of carbonyl (C=O) groups is 1. The molecule has 0 saturated heterocycles. The lowest BCUT2D eigenvalue weighted by molar-refractivity contribution is -0.116. The summed E-state index contributed by atoms with van der Waals surface area (Å²) in [4.78, 5) is 16.6. The summed E-state index contributed by atoms with van der Waals surface area (Å²) in [6.07, 6.45) is 0.628. The van der Waals surface area contributed by atoms with Crippen LogP contribution < -0.4 is 10.1 Å². The number of hydrogen-bond donors (Lipinski definition) is 1. The monoisotopic (exact) mass is 373 g/mol. The third-order valence-corrected chi connectivity index (χ3v) is 4.44. The van der Waals surface area contributed by atoms with Gasteiger partial charge in [0.25, 0.3) is 0 Å². The van der Waals surface area contributed by atoms with E-state index in [9.17, 15) is 4.79 Å². The summed E-state index contributed by atoms with van der Waals surface area (Å²) in [5.41, 5.74) is 1.63. The van der Waals surface area contributed by atoms with Crippen molar-refractivity contribution >= 4 is 22.4 Å². The minimum Gasteiger partial charge on any atom is -0.497 e. The van der Waals surface area contributed by atoms with Crippen molar-refractivity contribution in [2.24, 2.45) is 0 Å². The number of nitrogens with zero attached hydrogens (tertiary/aromatic N) is 2. The maximum atomic E-state index is 12.2. The van der Waals surface area contributed by atoms with Gasteiger partial charge in [0.1, 0.15) is 5.75 Å².